The Balaban J connectivity index is 2.35. The minimum absolute atomic E-state index is 0.250. The zero-order valence-corrected chi connectivity index (χ0v) is 12.5. The van der Waals surface area contributed by atoms with Crippen molar-refractivity contribution in [1.29, 1.82) is 0 Å². The molecular formula is C14H20BrNO2. The Morgan fingerprint density at radius 3 is 2.78 bits per heavy atom. The van der Waals surface area contributed by atoms with Crippen LogP contribution in [0.15, 0.2) is 22.7 Å². The molecule has 0 aliphatic carbocycles. The van der Waals surface area contributed by atoms with Gasteiger partial charge in [-0.05, 0) is 56.6 Å². The molecule has 0 aliphatic rings. The Morgan fingerprint density at radius 1 is 1.39 bits per heavy atom. The van der Waals surface area contributed by atoms with E-state index < -0.39 is 5.97 Å². The fourth-order valence-corrected chi connectivity index (χ4v) is 2.24. The van der Waals surface area contributed by atoms with Crippen molar-refractivity contribution < 1.29 is 9.90 Å². The van der Waals surface area contributed by atoms with Gasteiger partial charge in [-0.15, -0.1) is 0 Å². The molecule has 1 aromatic carbocycles. The quantitative estimate of drug-likeness (QED) is 0.841. The molecule has 1 rings (SSSR count). The maximum atomic E-state index is 10.4. The van der Waals surface area contributed by atoms with Crippen molar-refractivity contribution in [2.24, 2.45) is 0 Å². The van der Waals surface area contributed by atoms with E-state index in [9.17, 15) is 4.79 Å². The van der Waals surface area contributed by atoms with E-state index in [2.05, 4.69) is 46.0 Å². The highest BCUT2D eigenvalue weighted by Gasteiger charge is 2.04. The summed E-state index contributed by atoms with van der Waals surface area (Å²) in [6.45, 7) is 3.91. The number of likely N-dealkylation sites (N-methyl/N-ethyl adjacent to an activating group) is 1. The summed E-state index contributed by atoms with van der Waals surface area (Å²) in [5.74, 6) is -0.716. The second-order valence-corrected chi connectivity index (χ2v) is 5.54. The number of rotatable bonds is 7. The van der Waals surface area contributed by atoms with Crippen molar-refractivity contribution >= 4 is 21.9 Å². The van der Waals surface area contributed by atoms with Crippen molar-refractivity contribution in [2.75, 3.05) is 20.1 Å². The third kappa shape index (κ3) is 5.65. The lowest BCUT2D eigenvalue weighted by molar-refractivity contribution is -0.137. The Hall–Kier alpha value is -0.870. The van der Waals surface area contributed by atoms with Crippen LogP contribution in [-0.4, -0.2) is 36.1 Å². The van der Waals surface area contributed by atoms with Gasteiger partial charge in [-0.1, -0.05) is 22.0 Å². The Kier molecular flexibility index (Phi) is 6.36. The van der Waals surface area contributed by atoms with E-state index in [1.54, 1.807) is 0 Å². The number of hydrogen-bond donors (Lipinski definition) is 1. The summed E-state index contributed by atoms with van der Waals surface area (Å²) in [6, 6.07) is 6.32. The Morgan fingerprint density at radius 2 is 2.11 bits per heavy atom. The van der Waals surface area contributed by atoms with Crippen LogP contribution in [0.25, 0.3) is 0 Å². The van der Waals surface area contributed by atoms with Crippen molar-refractivity contribution in [2.45, 2.75) is 26.2 Å². The molecule has 3 nitrogen and oxygen atoms in total. The molecule has 0 spiro atoms. The number of hydrogen-bond acceptors (Lipinski definition) is 2. The molecule has 1 N–H and O–H groups in total. The van der Waals surface area contributed by atoms with Crippen molar-refractivity contribution in [3.8, 4) is 0 Å². The molecule has 4 heteroatoms. The lowest BCUT2D eigenvalue weighted by atomic mass is 10.1. The minimum atomic E-state index is -0.716. The first kappa shape index (κ1) is 15.2. The van der Waals surface area contributed by atoms with Gasteiger partial charge in [-0.2, -0.15) is 0 Å². The monoisotopic (exact) mass is 313 g/mol. The highest BCUT2D eigenvalue weighted by Crippen LogP contribution is 2.16. The zero-order chi connectivity index (χ0) is 13.5. The van der Waals surface area contributed by atoms with Crippen LogP contribution in [0.2, 0.25) is 0 Å². The topological polar surface area (TPSA) is 40.5 Å². The van der Waals surface area contributed by atoms with Gasteiger partial charge in [-0.25, -0.2) is 0 Å². The molecule has 100 valence electrons. The van der Waals surface area contributed by atoms with Gasteiger partial charge in [0.15, 0.2) is 0 Å². The number of carboxylic acid groups (broad SMARTS) is 1. The number of halogens is 1. The van der Waals surface area contributed by atoms with E-state index >= 15 is 0 Å². The highest BCUT2D eigenvalue weighted by atomic mass is 79.9. The molecule has 0 aliphatic heterocycles. The second-order valence-electron chi connectivity index (χ2n) is 4.62. The molecule has 18 heavy (non-hydrogen) atoms. The smallest absolute Gasteiger partial charge is 0.303 e. The normalized spacial score (nSPS) is 10.9. The van der Waals surface area contributed by atoms with Crippen LogP contribution in [0.1, 0.15) is 24.0 Å². The van der Waals surface area contributed by atoms with Crippen LogP contribution in [-0.2, 0) is 11.2 Å². The molecule has 0 bridgehead atoms. The minimum Gasteiger partial charge on any atom is -0.481 e. The number of nitrogens with zero attached hydrogens (tertiary/aromatic N) is 1. The van der Waals surface area contributed by atoms with Crippen LogP contribution >= 0.6 is 15.9 Å². The maximum Gasteiger partial charge on any atom is 0.303 e. The van der Waals surface area contributed by atoms with E-state index in [-0.39, 0.29) is 6.42 Å². The van der Waals surface area contributed by atoms with Gasteiger partial charge in [0.2, 0.25) is 0 Å². The molecule has 0 fully saturated rings. The van der Waals surface area contributed by atoms with E-state index in [4.69, 9.17) is 5.11 Å². The molecule has 0 amide bonds. The predicted molar refractivity (Wildman–Crippen MR) is 76.9 cm³/mol. The first-order valence-corrected chi connectivity index (χ1v) is 6.93. The van der Waals surface area contributed by atoms with E-state index in [0.717, 1.165) is 24.0 Å². The molecule has 0 radical (unpaired) electrons. The van der Waals surface area contributed by atoms with Crippen molar-refractivity contribution in [3.05, 3.63) is 33.8 Å². The summed E-state index contributed by atoms with van der Waals surface area (Å²) in [7, 11) is 2.04. The largest absolute Gasteiger partial charge is 0.481 e. The molecule has 1 aromatic rings. The molecule has 0 saturated carbocycles. The molecule has 0 unspecified atom stereocenters. The summed E-state index contributed by atoms with van der Waals surface area (Å²) < 4.78 is 1.11. The van der Waals surface area contributed by atoms with Crippen LogP contribution in [0, 0.1) is 6.92 Å². The van der Waals surface area contributed by atoms with Crippen LogP contribution in [0.4, 0.5) is 0 Å². The third-order valence-electron chi connectivity index (χ3n) is 3.00. The number of carboxylic acids is 1. The first-order valence-electron chi connectivity index (χ1n) is 6.14. The molecule has 0 saturated heterocycles. The average Bonchev–Trinajstić information content (AvgIpc) is 2.30. The number of aliphatic carboxylic acids is 1. The van der Waals surface area contributed by atoms with Gasteiger partial charge in [0.1, 0.15) is 0 Å². The fraction of sp³-hybridized carbons (Fsp3) is 0.500. The van der Waals surface area contributed by atoms with Gasteiger partial charge in [0.05, 0.1) is 0 Å². The zero-order valence-electron chi connectivity index (χ0n) is 10.9. The standard InChI is InChI=1S/C14H20BrNO2/c1-11-5-6-13(15)10-12(11)7-9-16(2)8-3-4-14(17)18/h5-6,10H,3-4,7-9H2,1-2H3,(H,17,18). The van der Waals surface area contributed by atoms with E-state index in [1.165, 1.54) is 11.1 Å². The summed E-state index contributed by atoms with van der Waals surface area (Å²) in [6.07, 6.45) is 1.96. The van der Waals surface area contributed by atoms with Gasteiger partial charge < -0.3 is 10.0 Å². The summed E-state index contributed by atoms with van der Waals surface area (Å²) in [5.41, 5.74) is 2.64. The second kappa shape index (κ2) is 7.54. The van der Waals surface area contributed by atoms with Gasteiger partial charge in [0, 0.05) is 17.4 Å². The van der Waals surface area contributed by atoms with E-state index in [0.29, 0.717) is 6.42 Å². The van der Waals surface area contributed by atoms with Gasteiger partial charge >= 0.3 is 5.97 Å². The van der Waals surface area contributed by atoms with Crippen molar-refractivity contribution in [1.82, 2.24) is 4.90 Å². The number of carbonyl (C=O) groups is 1. The summed E-state index contributed by atoms with van der Waals surface area (Å²) in [5, 5.41) is 8.58. The SMILES string of the molecule is Cc1ccc(Br)cc1CCN(C)CCCC(=O)O. The predicted octanol–water partition coefficient (Wildman–Crippen LogP) is 3.10. The van der Waals surface area contributed by atoms with Gasteiger partial charge in [0.25, 0.3) is 0 Å². The summed E-state index contributed by atoms with van der Waals surface area (Å²) >= 11 is 3.48. The Labute approximate surface area is 117 Å². The molecule has 0 aromatic heterocycles. The first-order chi connectivity index (χ1) is 8.49. The molecule has 0 atom stereocenters. The molecule has 0 heterocycles. The Bertz CT molecular complexity index is 407. The third-order valence-corrected chi connectivity index (χ3v) is 3.50. The van der Waals surface area contributed by atoms with Crippen LogP contribution in [0.5, 0.6) is 0 Å². The number of aryl methyl sites for hydroxylation is 1. The van der Waals surface area contributed by atoms with Crippen LogP contribution in [0.3, 0.4) is 0 Å². The maximum absolute atomic E-state index is 10.4. The average molecular weight is 314 g/mol. The lowest BCUT2D eigenvalue weighted by Gasteiger charge is -2.16. The van der Waals surface area contributed by atoms with Crippen LogP contribution < -0.4 is 0 Å². The van der Waals surface area contributed by atoms with Crippen molar-refractivity contribution in [3.63, 3.8) is 0 Å². The number of benzene rings is 1. The highest BCUT2D eigenvalue weighted by molar-refractivity contribution is 9.10. The lowest BCUT2D eigenvalue weighted by Crippen LogP contribution is -2.23. The van der Waals surface area contributed by atoms with Gasteiger partial charge in [-0.3, -0.25) is 4.79 Å². The van der Waals surface area contributed by atoms with E-state index in [1.807, 2.05) is 7.05 Å². The fourth-order valence-electron chi connectivity index (χ4n) is 1.83. The molecular weight excluding hydrogens is 294 g/mol. The summed E-state index contributed by atoms with van der Waals surface area (Å²) in [4.78, 5) is 12.6.